The van der Waals surface area contributed by atoms with Crippen LogP contribution in [0.1, 0.15) is 48.8 Å². The first-order valence-electron chi connectivity index (χ1n) is 7.35. The van der Waals surface area contributed by atoms with Crippen molar-refractivity contribution in [2.24, 2.45) is 0 Å². The van der Waals surface area contributed by atoms with Crippen molar-refractivity contribution in [1.82, 2.24) is 0 Å². The summed E-state index contributed by atoms with van der Waals surface area (Å²) >= 11 is 0. The van der Waals surface area contributed by atoms with Gasteiger partial charge in [0.25, 0.3) is 0 Å². The van der Waals surface area contributed by atoms with Gasteiger partial charge < -0.3 is 10.0 Å². The molecule has 0 saturated carbocycles. The Morgan fingerprint density at radius 2 is 1.78 bits per heavy atom. The molecule has 0 amide bonds. The van der Waals surface area contributed by atoms with Gasteiger partial charge in [0.2, 0.25) is 0 Å². The molecule has 18 heavy (non-hydrogen) atoms. The van der Waals surface area contributed by atoms with Crippen LogP contribution < -0.4 is 4.90 Å². The molecule has 2 nitrogen and oxygen atoms in total. The molecule has 0 aromatic heterocycles. The summed E-state index contributed by atoms with van der Waals surface area (Å²) < 4.78 is 0. The Bertz CT molecular complexity index is 406. The molecule has 2 aliphatic rings. The maximum atomic E-state index is 9.50. The first-order chi connectivity index (χ1) is 8.83. The molecule has 2 aliphatic heterocycles. The van der Waals surface area contributed by atoms with Crippen molar-refractivity contribution >= 4 is 5.69 Å². The van der Waals surface area contributed by atoms with Gasteiger partial charge in [0, 0.05) is 31.3 Å². The number of rotatable bonds is 3. The van der Waals surface area contributed by atoms with Crippen LogP contribution >= 0.6 is 0 Å². The van der Waals surface area contributed by atoms with Crippen LogP contribution in [-0.2, 0) is 12.8 Å². The normalized spacial score (nSPS) is 19.6. The van der Waals surface area contributed by atoms with Crippen LogP contribution in [0.15, 0.2) is 12.1 Å². The minimum Gasteiger partial charge on any atom is -0.396 e. The molecular weight excluding hydrogens is 222 g/mol. The second-order valence-electron chi connectivity index (χ2n) is 5.67. The predicted octanol–water partition coefficient (Wildman–Crippen LogP) is 2.87. The van der Waals surface area contributed by atoms with E-state index in [0.29, 0.717) is 5.92 Å². The van der Waals surface area contributed by atoms with Crippen molar-refractivity contribution in [2.45, 2.75) is 44.9 Å². The Labute approximate surface area is 110 Å². The molecule has 1 atom stereocenters. The third kappa shape index (κ3) is 1.93. The predicted molar refractivity (Wildman–Crippen MR) is 75.4 cm³/mol. The number of aryl methyl sites for hydroxylation is 2. The second kappa shape index (κ2) is 4.93. The number of benzene rings is 1. The van der Waals surface area contributed by atoms with E-state index in [0.717, 1.165) is 6.42 Å². The Balaban J connectivity index is 2.05. The van der Waals surface area contributed by atoms with Crippen molar-refractivity contribution < 1.29 is 5.11 Å². The molecule has 1 aromatic carbocycles. The van der Waals surface area contributed by atoms with E-state index in [9.17, 15) is 5.11 Å². The molecule has 2 heteroatoms. The van der Waals surface area contributed by atoms with Crippen molar-refractivity contribution in [1.29, 1.82) is 0 Å². The molecule has 0 aliphatic carbocycles. The highest BCUT2D eigenvalue weighted by Crippen LogP contribution is 2.37. The van der Waals surface area contributed by atoms with Crippen molar-refractivity contribution in [2.75, 3.05) is 24.6 Å². The zero-order valence-corrected chi connectivity index (χ0v) is 11.3. The van der Waals surface area contributed by atoms with E-state index in [1.807, 2.05) is 0 Å². The fourth-order valence-corrected chi connectivity index (χ4v) is 3.54. The summed E-state index contributed by atoms with van der Waals surface area (Å²) in [7, 11) is 0. The van der Waals surface area contributed by atoms with Crippen LogP contribution in [0.2, 0.25) is 0 Å². The molecule has 1 unspecified atom stereocenters. The van der Waals surface area contributed by atoms with Gasteiger partial charge in [-0.05, 0) is 48.8 Å². The fraction of sp³-hybridized carbons (Fsp3) is 0.625. The Morgan fingerprint density at radius 1 is 1.17 bits per heavy atom. The SMILES string of the molecule is CCC(CO)c1cc2c3c(c1)CCCN3CCC2. The summed E-state index contributed by atoms with van der Waals surface area (Å²) in [6, 6.07) is 4.72. The lowest BCUT2D eigenvalue weighted by Gasteiger charge is -2.37. The van der Waals surface area contributed by atoms with Gasteiger partial charge in [0.05, 0.1) is 0 Å². The van der Waals surface area contributed by atoms with Crippen LogP contribution in [0.3, 0.4) is 0 Å². The number of hydrogen-bond donors (Lipinski definition) is 1. The second-order valence-corrected chi connectivity index (χ2v) is 5.67. The topological polar surface area (TPSA) is 23.5 Å². The van der Waals surface area contributed by atoms with Crippen molar-refractivity contribution in [3.63, 3.8) is 0 Å². The summed E-state index contributed by atoms with van der Waals surface area (Å²) in [5.74, 6) is 0.323. The van der Waals surface area contributed by atoms with Gasteiger partial charge in [-0.2, -0.15) is 0 Å². The number of aliphatic hydroxyl groups excluding tert-OH is 1. The molecule has 1 aromatic rings. The maximum Gasteiger partial charge on any atom is 0.0499 e. The average Bonchev–Trinajstić information content (AvgIpc) is 2.41. The third-order valence-corrected chi connectivity index (χ3v) is 4.54. The van der Waals surface area contributed by atoms with Gasteiger partial charge in [-0.3, -0.25) is 0 Å². The smallest absolute Gasteiger partial charge is 0.0499 e. The number of aliphatic hydroxyl groups is 1. The standard InChI is InChI=1S/C16H23NO/c1-2-12(11-18)15-9-13-5-3-7-17-8-4-6-14(10-15)16(13)17/h9-10,12,18H,2-8,11H2,1H3. The molecule has 2 heterocycles. The van der Waals surface area contributed by atoms with E-state index in [-0.39, 0.29) is 6.61 Å². The van der Waals surface area contributed by atoms with Crippen LogP contribution in [0.4, 0.5) is 5.69 Å². The van der Waals surface area contributed by atoms with Crippen molar-refractivity contribution in [3.8, 4) is 0 Å². The highest BCUT2D eigenvalue weighted by molar-refractivity contribution is 5.64. The van der Waals surface area contributed by atoms with Crippen LogP contribution in [-0.4, -0.2) is 24.8 Å². The van der Waals surface area contributed by atoms with Crippen molar-refractivity contribution in [3.05, 3.63) is 28.8 Å². The lowest BCUT2D eigenvalue weighted by atomic mass is 9.86. The average molecular weight is 245 g/mol. The van der Waals surface area contributed by atoms with Gasteiger partial charge in [0.1, 0.15) is 0 Å². The maximum absolute atomic E-state index is 9.50. The Morgan fingerprint density at radius 3 is 2.28 bits per heavy atom. The van der Waals surface area contributed by atoms with Gasteiger partial charge >= 0.3 is 0 Å². The highest BCUT2D eigenvalue weighted by Gasteiger charge is 2.25. The van der Waals surface area contributed by atoms with Crippen LogP contribution in [0.25, 0.3) is 0 Å². The largest absolute Gasteiger partial charge is 0.396 e. The quantitative estimate of drug-likeness (QED) is 0.885. The summed E-state index contributed by atoms with van der Waals surface area (Å²) in [5, 5.41) is 9.50. The molecule has 98 valence electrons. The summed E-state index contributed by atoms with van der Waals surface area (Å²) in [5.41, 5.74) is 5.95. The lowest BCUT2D eigenvalue weighted by Crippen LogP contribution is -2.34. The van der Waals surface area contributed by atoms with Gasteiger partial charge in [0.15, 0.2) is 0 Å². The summed E-state index contributed by atoms with van der Waals surface area (Å²) in [6.45, 7) is 4.91. The lowest BCUT2D eigenvalue weighted by molar-refractivity contribution is 0.262. The third-order valence-electron chi connectivity index (χ3n) is 4.54. The van der Waals surface area contributed by atoms with Crippen LogP contribution in [0.5, 0.6) is 0 Å². The first kappa shape index (κ1) is 12.0. The summed E-state index contributed by atoms with van der Waals surface area (Å²) in [4.78, 5) is 2.57. The van der Waals surface area contributed by atoms with E-state index >= 15 is 0 Å². The number of hydrogen-bond acceptors (Lipinski definition) is 2. The van der Waals surface area contributed by atoms with E-state index in [1.165, 1.54) is 61.2 Å². The van der Waals surface area contributed by atoms with Gasteiger partial charge in [-0.25, -0.2) is 0 Å². The molecule has 0 saturated heterocycles. The van der Waals surface area contributed by atoms with E-state index in [1.54, 1.807) is 0 Å². The fourth-order valence-electron chi connectivity index (χ4n) is 3.54. The first-order valence-corrected chi connectivity index (χ1v) is 7.35. The zero-order valence-electron chi connectivity index (χ0n) is 11.3. The van der Waals surface area contributed by atoms with Gasteiger partial charge in [-0.15, -0.1) is 0 Å². The molecule has 0 radical (unpaired) electrons. The highest BCUT2D eigenvalue weighted by atomic mass is 16.3. The molecule has 0 bridgehead atoms. The number of anilines is 1. The zero-order chi connectivity index (χ0) is 12.5. The Hall–Kier alpha value is -1.02. The molecule has 1 N–H and O–H groups in total. The van der Waals surface area contributed by atoms with Gasteiger partial charge in [-0.1, -0.05) is 19.1 Å². The van der Waals surface area contributed by atoms with E-state index in [2.05, 4.69) is 24.0 Å². The summed E-state index contributed by atoms with van der Waals surface area (Å²) in [6.07, 6.45) is 6.03. The molecular formula is C16H23NO. The number of nitrogens with zero attached hydrogens (tertiary/aromatic N) is 1. The van der Waals surface area contributed by atoms with Crippen LogP contribution in [0, 0.1) is 0 Å². The van der Waals surface area contributed by atoms with E-state index in [4.69, 9.17) is 0 Å². The molecule has 3 rings (SSSR count). The van der Waals surface area contributed by atoms with E-state index < -0.39 is 0 Å². The molecule has 0 spiro atoms. The minimum absolute atomic E-state index is 0.276. The minimum atomic E-state index is 0.276. The molecule has 0 fully saturated rings. The monoisotopic (exact) mass is 245 g/mol. The Kier molecular flexibility index (Phi) is 3.29.